The van der Waals surface area contributed by atoms with Crippen molar-refractivity contribution < 1.29 is 14.3 Å². The van der Waals surface area contributed by atoms with Crippen LogP contribution in [0.5, 0.6) is 5.75 Å². The average Bonchev–Trinajstić information content (AvgIpc) is 2.46. The standard InChI is InChI=1S/C15H12O3/c1-18-13-7-6-12(10-17)15(8-13)14-5-3-2-4-11(14)9-16/h2-10H,1H3. The lowest BCUT2D eigenvalue weighted by Gasteiger charge is -2.09. The number of carbonyl (C=O) groups is 2. The van der Waals surface area contributed by atoms with E-state index in [0.29, 0.717) is 22.4 Å². The van der Waals surface area contributed by atoms with Crippen LogP contribution in [-0.4, -0.2) is 19.7 Å². The molecule has 3 heteroatoms. The van der Waals surface area contributed by atoms with E-state index in [2.05, 4.69) is 0 Å². The molecule has 0 aliphatic carbocycles. The average molecular weight is 240 g/mol. The van der Waals surface area contributed by atoms with Crippen LogP contribution >= 0.6 is 0 Å². The summed E-state index contributed by atoms with van der Waals surface area (Å²) in [4.78, 5) is 22.1. The number of hydrogen-bond donors (Lipinski definition) is 0. The van der Waals surface area contributed by atoms with E-state index in [1.807, 2.05) is 12.1 Å². The minimum absolute atomic E-state index is 0.533. The van der Waals surface area contributed by atoms with Gasteiger partial charge in [0.15, 0.2) is 12.6 Å². The van der Waals surface area contributed by atoms with Gasteiger partial charge in [-0.1, -0.05) is 24.3 Å². The lowest BCUT2D eigenvalue weighted by Crippen LogP contribution is -1.93. The van der Waals surface area contributed by atoms with E-state index >= 15 is 0 Å². The highest BCUT2D eigenvalue weighted by atomic mass is 16.5. The summed E-state index contributed by atoms with van der Waals surface area (Å²) >= 11 is 0. The molecule has 2 aromatic rings. The Labute approximate surface area is 105 Å². The zero-order valence-corrected chi connectivity index (χ0v) is 9.92. The van der Waals surface area contributed by atoms with Crippen molar-refractivity contribution in [2.75, 3.05) is 7.11 Å². The lowest BCUT2D eigenvalue weighted by atomic mass is 9.96. The van der Waals surface area contributed by atoms with Crippen molar-refractivity contribution in [1.29, 1.82) is 0 Å². The maximum Gasteiger partial charge on any atom is 0.150 e. The van der Waals surface area contributed by atoms with Gasteiger partial charge in [0.25, 0.3) is 0 Å². The molecule has 0 unspecified atom stereocenters. The van der Waals surface area contributed by atoms with Crippen LogP contribution in [-0.2, 0) is 0 Å². The van der Waals surface area contributed by atoms with Crippen LogP contribution < -0.4 is 4.74 Å². The summed E-state index contributed by atoms with van der Waals surface area (Å²) < 4.78 is 5.15. The Morgan fingerprint density at radius 3 is 2.22 bits per heavy atom. The first-order valence-electron chi connectivity index (χ1n) is 5.48. The van der Waals surface area contributed by atoms with Crippen molar-refractivity contribution >= 4 is 12.6 Å². The molecule has 0 heterocycles. The van der Waals surface area contributed by atoms with E-state index in [0.717, 1.165) is 18.1 Å². The molecule has 2 rings (SSSR count). The van der Waals surface area contributed by atoms with Crippen LogP contribution in [0.4, 0.5) is 0 Å². The molecule has 0 atom stereocenters. The molecule has 0 radical (unpaired) electrons. The quantitative estimate of drug-likeness (QED) is 0.771. The van der Waals surface area contributed by atoms with Gasteiger partial charge < -0.3 is 4.74 Å². The zero-order valence-electron chi connectivity index (χ0n) is 9.92. The molecule has 0 aromatic heterocycles. The normalized spacial score (nSPS) is 9.83. The smallest absolute Gasteiger partial charge is 0.150 e. The van der Waals surface area contributed by atoms with Crippen molar-refractivity contribution in [2.24, 2.45) is 0 Å². The molecule has 0 spiro atoms. The topological polar surface area (TPSA) is 43.4 Å². The highest BCUT2D eigenvalue weighted by molar-refractivity contribution is 5.94. The first-order chi connectivity index (χ1) is 8.80. The van der Waals surface area contributed by atoms with Gasteiger partial charge in [-0.25, -0.2) is 0 Å². The Bertz CT molecular complexity index is 588. The largest absolute Gasteiger partial charge is 0.497 e. The molecule has 0 bridgehead atoms. The molecule has 0 aliphatic heterocycles. The summed E-state index contributed by atoms with van der Waals surface area (Å²) in [5, 5.41) is 0. The Kier molecular flexibility index (Phi) is 3.53. The van der Waals surface area contributed by atoms with Crippen molar-refractivity contribution in [2.45, 2.75) is 0 Å². The second kappa shape index (κ2) is 5.27. The summed E-state index contributed by atoms with van der Waals surface area (Å²) in [5.41, 5.74) is 2.51. The number of rotatable bonds is 4. The highest BCUT2D eigenvalue weighted by Gasteiger charge is 2.09. The monoisotopic (exact) mass is 240 g/mol. The van der Waals surface area contributed by atoms with Gasteiger partial charge in [0.1, 0.15) is 5.75 Å². The molecule has 3 nitrogen and oxygen atoms in total. The van der Waals surface area contributed by atoms with Crippen LogP contribution in [0.2, 0.25) is 0 Å². The summed E-state index contributed by atoms with van der Waals surface area (Å²) in [6, 6.07) is 12.3. The van der Waals surface area contributed by atoms with E-state index in [1.165, 1.54) is 0 Å². The Morgan fingerprint density at radius 1 is 0.889 bits per heavy atom. The predicted octanol–water partition coefficient (Wildman–Crippen LogP) is 2.99. The predicted molar refractivity (Wildman–Crippen MR) is 69.2 cm³/mol. The minimum atomic E-state index is 0.533. The summed E-state index contributed by atoms with van der Waals surface area (Å²) in [6.07, 6.45) is 1.56. The number of hydrogen-bond acceptors (Lipinski definition) is 3. The van der Waals surface area contributed by atoms with Crippen LogP contribution in [0.25, 0.3) is 11.1 Å². The van der Waals surface area contributed by atoms with Crippen molar-refractivity contribution in [1.82, 2.24) is 0 Å². The second-order valence-electron chi connectivity index (χ2n) is 3.78. The Morgan fingerprint density at radius 2 is 1.56 bits per heavy atom. The molecule has 2 aromatic carbocycles. The van der Waals surface area contributed by atoms with E-state index in [1.54, 1.807) is 37.4 Å². The van der Waals surface area contributed by atoms with Gasteiger partial charge in [-0.05, 0) is 29.3 Å². The van der Waals surface area contributed by atoms with Crippen molar-refractivity contribution in [3.63, 3.8) is 0 Å². The molecule has 0 saturated carbocycles. The summed E-state index contributed by atoms with van der Waals surface area (Å²) in [7, 11) is 1.56. The van der Waals surface area contributed by atoms with Gasteiger partial charge in [0, 0.05) is 11.1 Å². The molecular formula is C15H12O3. The van der Waals surface area contributed by atoms with E-state index in [-0.39, 0.29) is 0 Å². The molecule has 0 fully saturated rings. The Balaban J connectivity index is 2.68. The fourth-order valence-corrected chi connectivity index (χ4v) is 1.84. The number of methoxy groups -OCH3 is 1. The van der Waals surface area contributed by atoms with Crippen LogP contribution in [0.3, 0.4) is 0 Å². The first-order valence-corrected chi connectivity index (χ1v) is 5.48. The molecule has 0 saturated heterocycles. The van der Waals surface area contributed by atoms with Crippen LogP contribution in [0, 0.1) is 0 Å². The third-order valence-electron chi connectivity index (χ3n) is 2.77. The molecule has 90 valence electrons. The van der Waals surface area contributed by atoms with Gasteiger partial charge >= 0.3 is 0 Å². The fourth-order valence-electron chi connectivity index (χ4n) is 1.84. The number of ether oxygens (including phenoxy) is 1. The van der Waals surface area contributed by atoms with Gasteiger partial charge in [-0.3, -0.25) is 9.59 Å². The van der Waals surface area contributed by atoms with Crippen LogP contribution in [0.1, 0.15) is 20.7 Å². The van der Waals surface area contributed by atoms with E-state index in [4.69, 9.17) is 4.74 Å². The van der Waals surface area contributed by atoms with E-state index in [9.17, 15) is 9.59 Å². The SMILES string of the molecule is COc1ccc(C=O)c(-c2ccccc2C=O)c1. The third-order valence-corrected chi connectivity index (χ3v) is 2.77. The van der Waals surface area contributed by atoms with Gasteiger partial charge in [-0.2, -0.15) is 0 Å². The maximum atomic E-state index is 11.1. The van der Waals surface area contributed by atoms with Gasteiger partial charge in [0.05, 0.1) is 7.11 Å². The first kappa shape index (κ1) is 12.0. The molecule has 0 N–H and O–H groups in total. The minimum Gasteiger partial charge on any atom is -0.497 e. The molecule has 0 amide bonds. The van der Waals surface area contributed by atoms with Crippen molar-refractivity contribution in [3.05, 3.63) is 53.6 Å². The summed E-state index contributed by atoms with van der Waals surface area (Å²) in [5.74, 6) is 0.649. The third kappa shape index (κ3) is 2.15. The Hall–Kier alpha value is -2.42. The number of aldehydes is 2. The summed E-state index contributed by atoms with van der Waals surface area (Å²) in [6.45, 7) is 0. The van der Waals surface area contributed by atoms with Gasteiger partial charge in [0.2, 0.25) is 0 Å². The zero-order chi connectivity index (χ0) is 13.0. The molecule has 0 aliphatic rings. The van der Waals surface area contributed by atoms with Gasteiger partial charge in [-0.15, -0.1) is 0 Å². The number of benzene rings is 2. The van der Waals surface area contributed by atoms with Crippen molar-refractivity contribution in [3.8, 4) is 16.9 Å². The highest BCUT2D eigenvalue weighted by Crippen LogP contribution is 2.29. The molecular weight excluding hydrogens is 228 g/mol. The molecule has 18 heavy (non-hydrogen) atoms. The second-order valence-corrected chi connectivity index (χ2v) is 3.78. The van der Waals surface area contributed by atoms with E-state index < -0.39 is 0 Å². The lowest BCUT2D eigenvalue weighted by molar-refractivity contribution is 0.111. The van der Waals surface area contributed by atoms with Crippen LogP contribution in [0.15, 0.2) is 42.5 Å². The number of carbonyl (C=O) groups excluding carboxylic acids is 2. The fraction of sp³-hybridized carbons (Fsp3) is 0.0667. The maximum absolute atomic E-state index is 11.1.